The fourth-order valence-electron chi connectivity index (χ4n) is 3.03. The van der Waals surface area contributed by atoms with Gasteiger partial charge in [0.1, 0.15) is 10.6 Å². The Labute approximate surface area is 164 Å². The van der Waals surface area contributed by atoms with Gasteiger partial charge >= 0.3 is 0 Å². The molecule has 140 valence electrons. The van der Waals surface area contributed by atoms with Crippen molar-refractivity contribution in [3.05, 3.63) is 52.0 Å². The highest BCUT2D eigenvalue weighted by Crippen LogP contribution is 2.34. The van der Waals surface area contributed by atoms with Gasteiger partial charge in [-0.3, -0.25) is 0 Å². The number of halogens is 2. The lowest BCUT2D eigenvalue weighted by Crippen LogP contribution is -2.48. The van der Waals surface area contributed by atoms with Crippen LogP contribution in [0, 0.1) is 6.92 Å². The van der Waals surface area contributed by atoms with E-state index in [1.54, 1.807) is 18.2 Å². The van der Waals surface area contributed by atoms with Crippen molar-refractivity contribution in [1.29, 1.82) is 0 Å². The van der Waals surface area contributed by atoms with E-state index in [1.165, 1.54) is 11.4 Å². The Kier molecular flexibility index (Phi) is 5.67. The lowest BCUT2D eigenvalue weighted by atomic mass is 10.2. The molecule has 0 unspecified atom stereocenters. The molecule has 0 saturated carbocycles. The molecule has 2 aromatic carbocycles. The van der Waals surface area contributed by atoms with Crippen molar-refractivity contribution in [3.8, 4) is 5.75 Å². The average Bonchev–Trinajstić information content (AvgIpc) is 2.64. The van der Waals surface area contributed by atoms with Gasteiger partial charge in [-0.25, -0.2) is 8.42 Å². The molecule has 0 spiro atoms. The maximum atomic E-state index is 13.1. The summed E-state index contributed by atoms with van der Waals surface area (Å²) in [5.41, 5.74) is 1.69. The van der Waals surface area contributed by atoms with Crippen molar-refractivity contribution in [2.24, 2.45) is 0 Å². The molecule has 1 fully saturated rings. The van der Waals surface area contributed by atoms with E-state index in [4.69, 9.17) is 27.9 Å². The van der Waals surface area contributed by atoms with Crippen LogP contribution in [0.2, 0.25) is 10.0 Å². The molecule has 0 radical (unpaired) electrons. The van der Waals surface area contributed by atoms with Crippen LogP contribution in [0.25, 0.3) is 0 Å². The van der Waals surface area contributed by atoms with Crippen molar-refractivity contribution in [3.63, 3.8) is 0 Å². The molecule has 1 saturated heterocycles. The molecule has 0 atom stereocenters. The summed E-state index contributed by atoms with van der Waals surface area (Å²) in [6.07, 6.45) is 0. The predicted molar refractivity (Wildman–Crippen MR) is 105 cm³/mol. The molecule has 1 aliphatic rings. The molecule has 3 rings (SSSR count). The van der Waals surface area contributed by atoms with Crippen molar-refractivity contribution < 1.29 is 13.2 Å². The smallest absolute Gasteiger partial charge is 0.246 e. The Morgan fingerprint density at radius 3 is 2.38 bits per heavy atom. The molecule has 1 heterocycles. The van der Waals surface area contributed by atoms with E-state index in [0.717, 1.165) is 11.3 Å². The maximum Gasteiger partial charge on any atom is 0.246 e. The highest BCUT2D eigenvalue weighted by Gasteiger charge is 2.31. The summed E-state index contributed by atoms with van der Waals surface area (Å²) in [4.78, 5) is 2.25. The molecule has 0 amide bonds. The van der Waals surface area contributed by atoms with Crippen LogP contribution in [-0.4, -0.2) is 46.0 Å². The maximum absolute atomic E-state index is 13.1. The Bertz CT molecular complexity index is 911. The number of ether oxygens (including phenoxy) is 1. The van der Waals surface area contributed by atoms with Gasteiger partial charge < -0.3 is 9.64 Å². The zero-order chi connectivity index (χ0) is 18.9. The zero-order valence-electron chi connectivity index (χ0n) is 14.6. The molecule has 5 nitrogen and oxygen atoms in total. The number of sulfonamides is 1. The van der Waals surface area contributed by atoms with Crippen molar-refractivity contribution >= 4 is 38.9 Å². The Morgan fingerprint density at radius 2 is 1.73 bits per heavy atom. The number of piperazine rings is 1. The molecule has 2 aromatic rings. The van der Waals surface area contributed by atoms with Gasteiger partial charge in [0.2, 0.25) is 10.0 Å². The van der Waals surface area contributed by atoms with E-state index >= 15 is 0 Å². The Balaban J connectivity index is 1.81. The van der Waals surface area contributed by atoms with E-state index in [1.807, 2.05) is 30.0 Å². The van der Waals surface area contributed by atoms with Crippen LogP contribution in [0.4, 0.5) is 5.69 Å². The number of methoxy groups -OCH3 is 1. The van der Waals surface area contributed by atoms with Gasteiger partial charge in [-0.15, -0.1) is 0 Å². The third kappa shape index (κ3) is 3.64. The lowest BCUT2D eigenvalue weighted by molar-refractivity contribution is 0.374. The van der Waals surface area contributed by atoms with Gasteiger partial charge in [-0.2, -0.15) is 4.31 Å². The van der Waals surface area contributed by atoms with E-state index in [9.17, 15) is 8.42 Å². The molecule has 0 bridgehead atoms. The molecular weight excluding hydrogens is 395 g/mol. The number of aryl methyl sites for hydroxylation is 1. The SMILES string of the molecule is COc1ccc(C)cc1S(=O)(=O)N1CCN(c2cccc(Cl)c2Cl)CC1. The summed E-state index contributed by atoms with van der Waals surface area (Å²) in [7, 11) is -2.15. The van der Waals surface area contributed by atoms with Gasteiger partial charge in [-0.1, -0.05) is 35.3 Å². The monoisotopic (exact) mass is 414 g/mol. The highest BCUT2D eigenvalue weighted by atomic mass is 35.5. The second-order valence-electron chi connectivity index (χ2n) is 6.12. The molecule has 0 aliphatic carbocycles. The minimum absolute atomic E-state index is 0.203. The van der Waals surface area contributed by atoms with Crippen LogP contribution in [0.1, 0.15) is 5.56 Å². The summed E-state index contributed by atoms with van der Waals surface area (Å²) < 4.78 is 32.9. The Morgan fingerprint density at radius 1 is 1.04 bits per heavy atom. The second-order valence-corrected chi connectivity index (χ2v) is 8.81. The Hall–Kier alpha value is -1.47. The molecule has 0 N–H and O–H groups in total. The number of benzene rings is 2. The first kappa shape index (κ1) is 19.3. The lowest BCUT2D eigenvalue weighted by Gasteiger charge is -2.36. The van der Waals surface area contributed by atoms with E-state index in [0.29, 0.717) is 42.0 Å². The van der Waals surface area contributed by atoms with E-state index in [2.05, 4.69) is 0 Å². The van der Waals surface area contributed by atoms with Crippen LogP contribution in [0.3, 0.4) is 0 Å². The topological polar surface area (TPSA) is 49.9 Å². The standard InChI is InChI=1S/C18H20Cl2N2O3S/c1-13-6-7-16(25-2)17(12-13)26(23,24)22-10-8-21(9-11-22)15-5-3-4-14(19)18(15)20/h3-7,12H,8-11H2,1-2H3. The number of nitrogens with zero attached hydrogens (tertiary/aromatic N) is 2. The summed E-state index contributed by atoms with van der Waals surface area (Å²) in [5.74, 6) is 0.357. The molecule has 8 heteroatoms. The quantitative estimate of drug-likeness (QED) is 0.762. The summed E-state index contributed by atoms with van der Waals surface area (Å²) in [6.45, 7) is 3.66. The highest BCUT2D eigenvalue weighted by molar-refractivity contribution is 7.89. The van der Waals surface area contributed by atoms with Crippen molar-refractivity contribution in [2.45, 2.75) is 11.8 Å². The van der Waals surface area contributed by atoms with Gasteiger partial charge in [0.25, 0.3) is 0 Å². The second kappa shape index (κ2) is 7.64. The van der Waals surface area contributed by atoms with Gasteiger partial charge in [0.05, 0.1) is 22.8 Å². The number of rotatable bonds is 4. The first-order valence-corrected chi connectivity index (χ1v) is 10.4. The largest absolute Gasteiger partial charge is 0.495 e. The normalized spacial score (nSPS) is 15.9. The van der Waals surface area contributed by atoms with E-state index < -0.39 is 10.0 Å². The first-order chi connectivity index (χ1) is 12.3. The van der Waals surface area contributed by atoms with Crippen LogP contribution in [-0.2, 0) is 10.0 Å². The molecule has 0 aromatic heterocycles. The van der Waals surface area contributed by atoms with Crippen LogP contribution >= 0.6 is 23.2 Å². The summed E-state index contributed by atoms with van der Waals surface area (Å²) in [6, 6.07) is 10.6. The van der Waals surface area contributed by atoms with Gasteiger partial charge in [0, 0.05) is 26.2 Å². The molecule has 1 aliphatic heterocycles. The predicted octanol–water partition coefficient (Wildman–Crippen LogP) is 3.82. The van der Waals surface area contributed by atoms with Crippen LogP contribution in [0.15, 0.2) is 41.3 Å². The van der Waals surface area contributed by atoms with E-state index in [-0.39, 0.29) is 4.90 Å². The fourth-order valence-corrected chi connectivity index (χ4v) is 5.11. The average molecular weight is 415 g/mol. The number of hydrogen-bond acceptors (Lipinski definition) is 4. The third-order valence-corrected chi connectivity index (χ3v) is 7.18. The molecule has 26 heavy (non-hydrogen) atoms. The minimum Gasteiger partial charge on any atom is -0.495 e. The van der Waals surface area contributed by atoms with Gasteiger partial charge in [0.15, 0.2) is 0 Å². The molecular formula is C18H20Cl2N2O3S. The fraction of sp³-hybridized carbons (Fsp3) is 0.333. The summed E-state index contributed by atoms with van der Waals surface area (Å²) in [5, 5.41) is 0.981. The number of anilines is 1. The van der Waals surface area contributed by atoms with Crippen LogP contribution in [0.5, 0.6) is 5.75 Å². The third-order valence-electron chi connectivity index (χ3n) is 4.45. The van der Waals surface area contributed by atoms with Crippen molar-refractivity contribution in [2.75, 3.05) is 38.2 Å². The first-order valence-electron chi connectivity index (χ1n) is 8.18. The van der Waals surface area contributed by atoms with Gasteiger partial charge in [-0.05, 0) is 36.8 Å². The minimum atomic E-state index is -3.63. The van der Waals surface area contributed by atoms with Crippen LogP contribution < -0.4 is 9.64 Å². The number of hydrogen-bond donors (Lipinski definition) is 0. The zero-order valence-corrected chi connectivity index (χ0v) is 16.9. The van der Waals surface area contributed by atoms with Crippen molar-refractivity contribution in [1.82, 2.24) is 4.31 Å². The summed E-state index contributed by atoms with van der Waals surface area (Å²) >= 11 is 12.4.